The van der Waals surface area contributed by atoms with Crippen molar-refractivity contribution >= 4 is 16.9 Å². The first-order chi connectivity index (χ1) is 9.94. The van der Waals surface area contributed by atoms with Crippen molar-refractivity contribution < 1.29 is 9.53 Å². The van der Waals surface area contributed by atoms with E-state index in [4.69, 9.17) is 4.74 Å². The minimum absolute atomic E-state index is 0.253. The molecule has 1 aromatic carbocycles. The third kappa shape index (κ3) is 4.81. The Hall–Kier alpha value is -2.54. The molecule has 0 aliphatic carbocycles. The van der Waals surface area contributed by atoms with Crippen LogP contribution in [0.15, 0.2) is 36.7 Å². The number of hydrogen-bond acceptors (Lipinski definition) is 3. The molecular weight excluding hydrogens is 264 g/mol. The van der Waals surface area contributed by atoms with E-state index in [0.717, 1.165) is 16.3 Å². The molecule has 0 saturated heterocycles. The summed E-state index contributed by atoms with van der Waals surface area (Å²) in [6, 6.07) is 7.86. The number of carbonyl (C=O) groups is 1. The zero-order chi connectivity index (χ0) is 15.3. The summed E-state index contributed by atoms with van der Waals surface area (Å²) in [5, 5.41) is 4.77. The molecule has 108 valence electrons. The molecule has 0 radical (unpaired) electrons. The third-order valence-corrected chi connectivity index (χ3v) is 2.59. The SMILES string of the molecule is CC(C)(C)OC(=O)NCC#Cc1ccc2cnccc2c1. The Labute approximate surface area is 124 Å². The lowest BCUT2D eigenvalue weighted by atomic mass is 10.1. The highest BCUT2D eigenvalue weighted by Gasteiger charge is 2.14. The predicted octanol–water partition coefficient (Wildman–Crippen LogP) is 3.11. The van der Waals surface area contributed by atoms with Gasteiger partial charge >= 0.3 is 6.09 Å². The van der Waals surface area contributed by atoms with Crippen molar-refractivity contribution in [2.75, 3.05) is 6.54 Å². The number of ether oxygens (including phenoxy) is 1. The van der Waals surface area contributed by atoms with Crippen LogP contribution in [0.25, 0.3) is 10.8 Å². The summed E-state index contributed by atoms with van der Waals surface area (Å²) in [5.41, 5.74) is 0.406. The largest absolute Gasteiger partial charge is 0.444 e. The summed E-state index contributed by atoms with van der Waals surface area (Å²) in [6.45, 7) is 5.72. The first kappa shape index (κ1) is 14.9. The van der Waals surface area contributed by atoms with Gasteiger partial charge in [0.25, 0.3) is 0 Å². The van der Waals surface area contributed by atoms with E-state index in [1.54, 1.807) is 6.20 Å². The molecule has 21 heavy (non-hydrogen) atoms. The zero-order valence-electron chi connectivity index (χ0n) is 12.4. The van der Waals surface area contributed by atoms with Crippen LogP contribution in [0.3, 0.4) is 0 Å². The van der Waals surface area contributed by atoms with Gasteiger partial charge in [-0.3, -0.25) is 4.98 Å². The number of amides is 1. The lowest BCUT2D eigenvalue weighted by molar-refractivity contribution is 0.0535. The molecule has 0 saturated carbocycles. The number of aromatic nitrogens is 1. The van der Waals surface area contributed by atoms with Crippen molar-refractivity contribution in [2.24, 2.45) is 0 Å². The van der Waals surface area contributed by atoms with E-state index in [0.29, 0.717) is 0 Å². The van der Waals surface area contributed by atoms with Crippen LogP contribution >= 0.6 is 0 Å². The number of carbonyl (C=O) groups excluding carboxylic acids is 1. The molecule has 4 nitrogen and oxygen atoms in total. The van der Waals surface area contributed by atoms with Crippen molar-refractivity contribution in [3.8, 4) is 11.8 Å². The normalized spacial score (nSPS) is 10.6. The fourth-order valence-electron chi connectivity index (χ4n) is 1.74. The highest BCUT2D eigenvalue weighted by molar-refractivity contribution is 5.82. The Balaban J connectivity index is 1.94. The first-order valence-corrected chi connectivity index (χ1v) is 6.73. The van der Waals surface area contributed by atoms with Gasteiger partial charge in [-0.25, -0.2) is 4.79 Å². The van der Waals surface area contributed by atoms with Crippen LogP contribution in [0, 0.1) is 11.8 Å². The van der Waals surface area contributed by atoms with Gasteiger partial charge in [0.1, 0.15) is 5.60 Å². The Morgan fingerprint density at radius 3 is 2.86 bits per heavy atom. The van der Waals surface area contributed by atoms with Gasteiger partial charge in [0.05, 0.1) is 6.54 Å². The summed E-state index contributed by atoms with van der Waals surface area (Å²) in [6.07, 6.45) is 3.11. The highest BCUT2D eigenvalue weighted by Crippen LogP contribution is 2.13. The van der Waals surface area contributed by atoms with Crippen molar-refractivity contribution in [2.45, 2.75) is 26.4 Å². The topological polar surface area (TPSA) is 51.2 Å². The summed E-state index contributed by atoms with van der Waals surface area (Å²) in [7, 11) is 0. The Morgan fingerprint density at radius 1 is 1.29 bits per heavy atom. The molecule has 0 unspecified atom stereocenters. The number of pyridine rings is 1. The smallest absolute Gasteiger partial charge is 0.408 e. The Bertz CT molecular complexity index is 706. The van der Waals surface area contributed by atoms with E-state index in [2.05, 4.69) is 22.1 Å². The number of nitrogens with zero attached hydrogens (tertiary/aromatic N) is 1. The average molecular weight is 282 g/mol. The number of hydrogen-bond donors (Lipinski definition) is 1. The minimum Gasteiger partial charge on any atom is -0.444 e. The highest BCUT2D eigenvalue weighted by atomic mass is 16.6. The molecular formula is C17H18N2O2. The first-order valence-electron chi connectivity index (χ1n) is 6.73. The van der Waals surface area contributed by atoms with Crippen LogP contribution in [-0.2, 0) is 4.74 Å². The van der Waals surface area contributed by atoms with E-state index in [1.165, 1.54) is 0 Å². The van der Waals surface area contributed by atoms with Crippen LogP contribution in [0.2, 0.25) is 0 Å². The monoisotopic (exact) mass is 282 g/mol. The molecule has 1 N–H and O–H groups in total. The quantitative estimate of drug-likeness (QED) is 0.818. The average Bonchev–Trinajstić information content (AvgIpc) is 2.41. The molecule has 0 fully saturated rings. The van der Waals surface area contributed by atoms with Gasteiger partial charge < -0.3 is 10.1 Å². The maximum absolute atomic E-state index is 11.4. The van der Waals surface area contributed by atoms with E-state index >= 15 is 0 Å². The third-order valence-electron chi connectivity index (χ3n) is 2.59. The van der Waals surface area contributed by atoms with Crippen molar-refractivity contribution in [3.63, 3.8) is 0 Å². The molecule has 1 heterocycles. The fourth-order valence-corrected chi connectivity index (χ4v) is 1.74. The van der Waals surface area contributed by atoms with E-state index < -0.39 is 11.7 Å². The minimum atomic E-state index is -0.496. The summed E-state index contributed by atoms with van der Waals surface area (Å²) >= 11 is 0. The summed E-state index contributed by atoms with van der Waals surface area (Å²) < 4.78 is 5.12. The van der Waals surface area contributed by atoms with Crippen LogP contribution in [0.5, 0.6) is 0 Å². The van der Waals surface area contributed by atoms with E-state index in [-0.39, 0.29) is 6.54 Å². The molecule has 0 bridgehead atoms. The Morgan fingerprint density at radius 2 is 2.10 bits per heavy atom. The van der Waals surface area contributed by atoms with Crippen LogP contribution in [-0.4, -0.2) is 23.2 Å². The number of fused-ring (bicyclic) bond motifs is 1. The van der Waals surface area contributed by atoms with Gasteiger partial charge in [-0.15, -0.1) is 0 Å². The molecule has 0 aliphatic rings. The lowest BCUT2D eigenvalue weighted by Gasteiger charge is -2.18. The molecule has 2 rings (SSSR count). The molecule has 1 aromatic heterocycles. The molecule has 4 heteroatoms. The number of alkyl carbamates (subject to hydrolysis) is 1. The van der Waals surface area contributed by atoms with Crippen molar-refractivity contribution in [1.29, 1.82) is 0 Å². The molecule has 2 aromatic rings. The second-order valence-electron chi connectivity index (χ2n) is 5.59. The molecule has 0 spiro atoms. The maximum Gasteiger partial charge on any atom is 0.408 e. The Kier molecular flexibility index (Phi) is 4.44. The summed E-state index contributed by atoms with van der Waals surface area (Å²) in [5.74, 6) is 5.92. The van der Waals surface area contributed by atoms with E-state index in [1.807, 2.05) is 51.2 Å². The van der Waals surface area contributed by atoms with Gasteiger partial charge in [0.15, 0.2) is 0 Å². The molecule has 0 aliphatic heterocycles. The fraction of sp³-hybridized carbons (Fsp3) is 0.294. The van der Waals surface area contributed by atoms with Crippen molar-refractivity contribution in [3.05, 3.63) is 42.2 Å². The lowest BCUT2D eigenvalue weighted by Crippen LogP contribution is -2.32. The maximum atomic E-state index is 11.4. The van der Waals surface area contributed by atoms with Gasteiger partial charge in [-0.05, 0) is 44.4 Å². The second-order valence-corrected chi connectivity index (χ2v) is 5.59. The zero-order valence-corrected chi connectivity index (χ0v) is 12.4. The summed E-state index contributed by atoms with van der Waals surface area (Å²) in [4.78, 5) is 15.5. The van der Waals surface area contributed by atoms with Gasteiger partial charge in [-0.2, -0.15) is 0 Å². The number of nitrogens with one attached hydrogen (secondary N) is 1. The van der Waals surface area contributed by atoms with Crippen molar-refractivity contribution in [1.82, 2.24) is 10.3 Å². The molecule has 1 amide bonds. The van der Waals surface area contributed by atoms with E-state index in [9.17, 15) is 4.79 Å². The van der Waals surface area contributed by atoms with Crippen LogP contribution < -0.4 is 5.32 Å². The second kappa shape index (κ2) is 6.27. The van der Waals surface area contributed by atoms with Crippen LogP contribution in [0.1, 0.15) is 26.3 Å². The van der Waals surface area contributed by atoms with Crippen LogP contribution in [0.4, 0.5) is 4.79 Å². The standard InChI is InChI=1S/C17H18N2O2/c1-17(2,3)21-16(20)19-9-4-5-13-6-7-15-12-18-10-8-14(15)11-13/h6-8,10-12H,9H2,1-3H3,(H,19,20). The van der Waals surface area contributed by atoms with Gasteiger partial charge in [0.2, 0.25) is 0 Å². The molecule has 0 atom stereocenters. The number of rotatable bonds is 1. The van der Waals surface area contributed by atoms with Gasteiger partial charge in [-0.1, -0.05) is 17.9 Å². The van der Waals surface area contributed by atoms with Gasteiger partial charge in [0, 0.05) is 23.3 Å². The predicted molar refractivity (Wildman–Crippen MR) is 82.9 cm³/mol. The number of benzene rings is 1.